The summed E-state index contributed by atoms with van der Waals surface area (Å²) >= 11 is 1.97. The Morgan fingerprint density at radius 3 is 3.00 bits per heavy atom. The van der Waals surface area contributed by atoms with E-state index in [1.165, 1.54) is 31.4 Å². The minimum atomic E-state index is 0.268. The SMILES string of the molecule is CC1CCNC1c1nc(C2CCCCS2)no1. The molecule has 0 aromatic carbocycles. The van der Waals surface area contributed by atoms with Gasteiger partial charge in [-0.05, 0) is 37.5 Å². The monoisotopic (exact) mass is 253 g/mol. The minimum Gasteiger partial charge on any atom is -0.338 e. The lowest BCUT2D eigenvalue weighted by Gasteiger charge is -2.17. The van der Waals surface area contributed by atoms with Gasteiger partial charge in [0.05, 0.1) is 11.3 Å². The summed E-state index contributed by atoms with van der Waals surface area (Å²) in [6.45, 7) is 3.30. The van der Waals surface area contributed by atoms with Gasteiger partial charge in [0.15, 0.2) is 5.82 Å². The highest BCUT2D eigenvalue weighted by Gasteiger charge is 2.30. The Morgan fingerprint density at radius 1 is 1.35 bits per heavy atom. The molecule has 0 aliphatic carbocycles. The van der Waals surface area contributed by atoms with Crippen molar-refractivity contribution in [2.24, 2.45) is 5.92 Å². The number of hydrogen-bond donors (Lipinski definition) is 1. The van der Waals surface area contributed by atoms with Gasteiger partial charge in [-0.2, -0.15) is 16.7 Å². The van der Waals surface area contributed by atoms with Gasteiger partial charge in [0.2, 0.25) is 5.89 Å². The lowest BCUT2D eigenvalue weighted by molar-refractivity contribution is 0.316. The van der Waals surface area contributed by atoms with Crippen LogP contribution in [-0.2, 0) is 0 Å². The van der Waals surface area contributed by atoms with Crippen molar-refractivity contribution in [1.82, 2.24) is 15.5 Å². The first-order valence-corrected chi connectivity index (χ1v) is 7.58. The van der Waals surface area contributed by atoms with Crippen molar-refractivity contribution in [3.05, 3.63) is 11.7 Å². The zero-order chi connectivity index (χ0) is 11.7. The van der Waals surface area contributed by atoms with E-state index in [9.17, 15) is 0 Å². The van der Waals surface area contributed by atoms with Crippen molar-refractivity contribution >= 4 is 11.8 Å². The van der Waals surface area contributed by atoms with Gasteiger partial charge < -0.3 is 9.84 Å². The predicted octanol–water partition coefficient (Wildman–Crippen LogP) is 2.70. The van der Waals surface area contributed by atoms with Crippen molar-refractivity contribution in [3.8, 4) is 0 Å². The van der Waals surface area contributed by atoms with Gasteiger partial charge in [0.1, 0.15) is 0 Å². The molecule has 2 aliphatic rings. The lowest BCUT2D eigenvalue weighted by atomic mass is 10.0. The number of nitrogens with one attached hydrogen (secondary N) is 1. The number of rotatable bonds is 2. The summed E-state index contributed by atoms with van der Waals surface area (Å²) in [6.07, 6.45) is 5.00. The van der Waals surface area contributed by atoms with Crippen molar-refractivity contribution in [3.63, 3.8) is 0 Å². The van der Waals surface area contributed by atoms with Crippen LogP contribution in [0.2, 0.25) is 0 Å². The molecule has 4 nitrogen and oxygen atoms in total. The molecular formula is C12H19N3OS. The van der Waals surface area contributed by atoms with Gasteiger partial charge in [-0.25, -0.2) is 0 Å². The van der Waals surface area contributed by atoms with Crippen molar-refractivity contribution in [2.75, 3.05) is 12.3 Å². The van der Waals surface area contributed by atoms with E-state index >= 15 is 0 Å². The number of hydrogen-bond acceptors (Lipinski definition) is 5. The fourth-order valence-corrected chi connectivity index (χ4v) is 3.85. The van der Waals surface area contributed by atoms with Crippen molar-refractivity contribution in [1.29, 1.82) is 0 Å². The summed E-state index contributed by atoms with van der Waals surface area (Å²) in [6, 6.07) is 0.268. The summed E-state index contributed by atoms with van der Waals surface area (Å²) in [5.74, 6) is 3.52. The average molecular weight is 253 g/mol. The van der Waals surface area contributed by atoms with Crippen molar-refractivity contribution in [2.45, 2.75) is 43.9 Å². The molecule has 2 fully saturated rings. The highest BCUT2D eigenvalue weighted by Crippen LogP contribution is 2.37. The van der Waals surface area contributed by atoms with Crippen LogP contribution in [0.4, 0.5) is 0 Å². The second-order valence-corrected chi connectivity index (χ2v) is 6.35. The van der Waals surface area contributed by atoms with E-state index < -0.39 is 0 Å². The van der Waals surface area contributed by atoms with Crippen LogP contribution in [0.1, 0.15) is 55.6 Å². The molecule has 1 aromatic heterocycles. The van der Waals surface area contributed by atoms with E-state index in [1.807, 2.05) is 11.8 Å². The van der Waals surface area contributed by atoms with Gasteiger partial charge in [0, 0.05) is 0 Å². The Labute approximate surface area is 106 Å². The normalized spacial score (nSPS) is 34.1. The van der Waals surface area contributed by atoms with Gasteiger partial charge in [-0.1, -0.05) is 18.5 Å². The topological polar surface area (TPSA) is 51.0 Å². The highest BCUT2D eigenvalue weighted by atomic mass is 32.2. The summed E-state index contributed by atoms with van der Waals surface area (Å²) < 4.78 is 5.44. The quantitative estimate of drug-likeness (QED) is 0.878. The molecule has 0 spiro atoms. The lowest BCUT2D eigenvalue weighted by Crippen LogP contribution is -2.17. The maximum Gasteiger partial charge on any atom is 0.244 e. The maximum atomic E-state index is 5.44. The van der Waals surface area contributed by atoms with Gasteiger partial charge in [-0.3, -0.25) is 0 Å². The van der Waals surface area contributed by atoms with Crippen LogP contribution in [0.3, 0.4) is 0 Å². The van der Waals surface area contributed by atoms with Crippen LogP contribution >= 0.6 is 11.8 Å². The van der Waals surface area contributed by atoms with Crippen LogP contribution in [0.25, 0.3) is 0 Å². The highest BCUT2D eigenvalue weighted by molar-refractivity contribution is 7.99. The van der Waals surface area contributed by atoms with Crippen LogP contribution in [0.5, 0.6) is 0 Å². The van der Waals surface area contributed by atoms with Crippen LogP contribution in [0.15, 0.2) is 4.52 Å². The van der Waals surface area contributed by atoms with Crippen LogP contribution in [-0.4, -0.2) is 22.4 Å². The van der Waals surface area contributed by atoms with Gasteiger partial charge in [-0.15, -0.1) is 0 Å². The Kier molecular flexibility index (Phi) is 3.38. The number of nitrogens with zero attached hydrogens (tertiary/aromatic N) is 2. The van der Waals surface area contributed by atoms with Crippen molar-refractivity contribution < 1.29 is 4.52 Å². The van der Waals surface area contributed by atoms with Gasteiger partial charge in [0.25, 0.3) is 0 Å². The van der Waals surface area contributed by atoms with E-state index in [1.54, 1.807) is 0 Å². The molecule has 0 amide bonds. The first-order chi connectivity index (χ1) is 8.34. The largest absolute Gasteiger partial charge is 0.338 e. The number of thioether (sulfide) groups is 1. The Hall–Kier alpha value is -0.550. The summed E-state index contributed by atoms with van der Waals surface area (Å²) in [5, 5.41) is 8.06. The predicted molar refractivity (Wildman–Crippen MR) is 67.9 cm³/mol. The molecule has 3 heterocycles. The Bertz CT molecular complexity index is 376. The van der Waals surface area contributed by atoms with Crippen LogP contribution in [0, 0.1) is 5.92 Å². The third kappa shape index (κ3) is 2.36. The van der Waals surface area contributed by atoms with E-state index in [0.717, 1.165) is 18.3 Å². The molecular weight excluding hydrogens is 234 g/mol. The fraction of sp³-hybridized carbons (Fsp3) is 0.833. The smallest absolute Gasteiger partial charge is 0.244 e. The molecule has 2 aliphatic heterocycles. The molecule has 94 valence electrons. The Balaban J connectivity index is 1.73. The molecule has 3 rings (SSSR count). The van der Waals surface area contributed by atoms with Crippen LogP contribution < -0.4 is 5.32 Å². The first-order valence-electron chi connectivity index (χ1n) is 6.53. The third-order valence-corrected chi connectivity index (χ3v) is 5.10. The molecule has 3 unspecified atom stereocenters. The zero-order valence-corrected chi connectivity index (χ0v) is 11.0. The van der Waals surface area contributed by atoms with E-state index in [-0.39, 0.29) is 6.04 Å². The molecule has 5 heteroatoms. The van der Waals surface area contributed by atoms with E-state index in [4.69, 9.17) is 4.52 Å². The molecule has 17 heavy (non-hydrogen) atoms. The second-order valence-electron chi connectivity index (χ2n) is 5.04. The summed E-state index contributed by atoms with van der Waals surface area (Å²) in [7, 11) is 0. The molecule has 0 saturated carbocycles. The van der Waals surface area contributed by atoms with E-state index in [2.05, 4.69) is 22.4 Å². The Morgan fingerprint density at radius 2 is 2.29 bits per heavy atom. The third-order valence-electron chi connectivity index (χ3n) is 3.72. The van der Waals surface area contributed by atoms with E-state index in [0.29, 0.717) is 11.2 Å². The maximum absolute atomic E-state index is 5.44. The molecule has 0 bridgehead atoms. The summed E-state index contributed by atoms with van der Waals surface area (Å²) in [4.78, 5) is 4.61. The van der Waals surface area contributed by atoms with Gasteiger partial charge >= 0.3 is 0 Å². The molecule has 3 atom stereocenters. The average Bonchev–Trinajstić information content (AvgIpc) is 2.98. The molecule has 2 saturated heterocycles. The first kappa shape index (κ1) is 11.5. The second kappa shape index (κ2) is 4.98. The molecule has 1 aromatic rings. The minimum absolute atomic E-state index is 0.268. The fourth-order valence-electron chi connectivity index (χ4n) is 2.61. The molecule has 0 radical (unpaired) electrons. The standard InChI is InChI=1S/C12H19N3OS/c1-8-5-6-13-10(8)12-14-11(15-16-12)9-4-2-3-7-17-9/h8-10,13H,2-7H2,1H3. The zero-order valence-electron chi connectivity index (χ0n) is 10.2. The number of aromatic nitrogens is 2. The molecule has 1 N–H and O–H groups in total. The summed E-state index contributed by atoms with van der Waals surface area (Å²) in [5.41, 5.74) is 0.